The first kappa shape index (κ1) is 33.1. The summed E-state index contributed by atoms with van der Waals surface area (Å²) in [5.74, 6) is 0. The van der Waals surface area contributed by atoms with Gasteiger partial charge in [-0.3, -0.25) is 0 Å². The van der Waals surface area contributed by atoms with Gasteiger partial charge in [-0.15, -0.1) is 0 Å². The lowest BCUT2D eigenvalue weighted by molar-refractivity contribution is 0.646. The van der Waals surface area contributed by atoms with Crippen LogP contribution < -0.4 is 0 Å². The standard InChI is InChI=1S/C60H30O4/c1-3-13-33-27-49-45(23-31(33)11-1)53-37-17-7-5-15-35(37)25-43(59(53)63-49)41-29-51-57-55-39(41)19-9-21-47(55)62-52-30-42(40-20-10-22-48(61-51)56(40)58(52)57)44-26-36-16-6-8-18-38(36)54-46-24-32-12-2-4-14-34(32)28-50(46)64-60(44)54/h1-30H. The van der Waals surface area contributed by atoms with Crippen molar-refractivity contribution in [2.75, 3.05) is 0 Å². The fraction of sp³-hybridized carbons (Fsp3) is 0. The smallest absolute Gasteiger partial charge is 0.143 e. The van der Waals surface area contributed by atoms with E-state index in [-0.39, 0.29) is 0 Å². The topological polar surface area (TPSA) is 52.6 Å². The van der Waals surface area contributed by atoms with E-state index in [0.717, 1.165) is 143 Å². The Morgan fingerprint density at radius 3 is 1.06 bits per heavy atom. The highest BCUT2D eigenvalue weighted by Gasteiger charge is 2.30. The van der Waals surface area contributed by atoms with Crippen LogP contribution in [0.4, 0.5) is 0 Å². The third kappa shape index (κ3) is 4.18. The van der Waals surface area contributed by atoms with E-state index in [9.17, 15) is 0 Å². The van der Waals surface area contributed by atoms with Gasteiger partial charge < -0.3 is 17.7 Å². The summed E-state index contributed by atoms with van der Waals surface area (Å²) in [6.07, 6.45) is 0. The Morgan fingerprint density at radius 1 is 0.219 bits per heavy atom. The molecular formula is C60H30O4. The minimum absolute atomic E-state index is 0.795. The third-order valence-corrected chi connectivity index (χ3v) is 14.1. The fourth-order valence-electron chi connectivity index (χ4n) is 11.4. The molecule has 4 heterocycles. The van der Waals surface area contributed by atoms with E-state index in [1.807, 2.05) is 0 Å². The Morgan fingerprint density at radius 2 is 0.609 bits per heavy atom. The normalized spacial score (nSPS) is 12.7. The summed E-state index contributed by atoms with van der Waals surface area (Å²) in [5, 5.41) is 18.0. The number of rotatable bonds is 2. The lowest BCUT2D eigenvalue weighted by Gasteiger charge is -2.23. The lowest BCUT2D eigenvalue weighted by atomic mass is 9.84. The van der Waals surface area contributed by atoms with Gasteiger partial charge in [-0.25, -0.2) is 0 Å². The van der Waals surface area contributed by atoms with Gasteiger partial charge in [-0.05, 0) is 126 Å². The Balaban J connectivity index is 1.01. The zero-order valence-corrected chi connectivity index (χ0v) is 34.0. The monoisotopic (exact) mass is 814 g/mol. The fourth-order valence-corrected chi connectivity index (χ4v) is 11.4. The van der Waals surface area contributed by atoms with Crippen molar-refractivity contribution in [3.63, 3.8) is 0 Å². The first-order valence-corrected chi connectivity index (χ1v) is 21.8. The molecule has 0 radical (unpaired) electrons. The van der Waals surface area contributed by atoms with Crippen molar-refractivity contribution in [2.24, 2.45) is 0 Å². The van der Waals surface area contributed by atoms with Crippen LogP contribution in [0, 0.1) is 0 Å². The molecule has 16 rings (SSSR count). The molecule has 0 unspecified atom stereocenters. The van der Waals surface area contributed by atoms with Gasteiger partial charge in [0.1, 0.15) is 44.7 Å². The Bertz CT molecular complexity index is 4370. The highest BCUT2D eigenvalue weighted by Crippen LogP contribution is 2.54. The molecule has 4 heteroatoms. The van der Waals surface area contributed by atoms with E-state index in [1.54, 1.807) is 0 Å². The van der Waals surface area contributed by atoms with E-state index in [0.29, 0.717) is 0 Å². The maximum absolute atomic E-state index is 7.14. The molecule has 0 saturated heterocycles. The van der Waals surface area contributed by atoms with Crippen molar-refractivity contribution in [3.8, 4) is 33.4 Å². The third-order valence-electron chi connectivity index (χ3n) is 14.1. The van der Waals surface area contributed by atoms with Gasteiger partial charge in [0, 0.05) is 54.6 Å². The van der Waals surface area contributed by atoms with Crippen LogP contribution in [-0.2, 0) is 0 Å². The van der Waals surface area contributed by atoms with Crippen molar-refractivity contribution < 1.29 is 17.7 Å². The molecule has 0 spiro atoms. The van der Waals surface area contributed by atoms with Crippen LogP contribution in [-0.4, -0.2) is 0 Å². The Kier molecular flexibility index (Phi) is 6.02. The van der Waals surface area contributed by atoms with E-state index >= 15 is 0 Å². The quantitative estimate of drug-likeness (QED) is 0.129. The van der Waals surface area contributed by atoms with E-state index in [4.69, 9.17) is 17.7 Å². The predicted octanol–water partition coefficient (Wildman–Crippen LogP) is 17.8. The average Bonchev–Trinajstić information content (AvgIpc) is 3.91. The molecule has 2 aliphatic rings. The zero-order chi connectivity index (χ0) is 41.4. The van der Waals surface area contributed by atoms with Crippen molar-refractivity contribution in [3.05, 3.63) is 182 Å². The summed E-state index contributed by atoms with van der Waals surface area (Å²) in [6, 6.07) is 64.9. The van der Waals surface area contributed by atoms with Crippen LogP contribution in [0.15, 0.2) is 200 Å². The first-order chi connectivity index (χ1) is 31.7. The van der Waals surface area contributed by atoms with Crippen molar-refractivity contribution in [1.29, 1.82) is 0 Å². The molecule has 12 aromatic carbocycles. The van der Waals surface area contributed by atoms with Gasteiger partial charge in [0.05, 0.1) is 0 Å². The SMILES string of the molecule is c1ccc2cc3c(cc2c1)oc1c(-c2cc4oc5cccc6c(-c7cc8ccccc8c8c7oc7cc9ccccc9cc78)cc7oc8cccc2c8c4-c7c56)cc2ccccc2c13. The molecule has 0 saturated carbocycles. The molecule has 0 amide bonds. The Hall–Kier alpha value is -8.60. The maximum Gasteiger partial charge on any atom is 0.143 e. The van der Waals surface area contributed by atoms with E-state index in [2.05, 4.69) is 182 Å². The average molecular weight is 815 g/mol. The van der Waals surface area contributed by atoms with Crippen LogP contribution in [0.3, 0.4) is 0 Å². The van der Waals surface area contributed by atoms with Gasteiger partial charge in [0.25, 0.3) is 0 Å². The summed E-state index contributed by atoms with van der Waals surface area (Å²) >= 11 is 0. The molecule has 0 fully saturated rings. The summed E-state index contributed by atoms with van der Waals surface area (Å²) in [4.78, 5) is 0. The molecular weight excluding hydrogens is 785 g/mol. The van der Waals surface area contributed by atoms with Crippen molar-refractivity contribution in [1.82, 2.24) is 0 Å². The highest BCUT2D eigenvalue weighted by atomic mass is 16.3. The second-order valence-corrected chi connectivity index (χ2v) is 17.5. The number of furan rings is 2. The molecule has 64 heavy (non-hydrogen) atoms. The molecule has 0 bridgehead atoms. The van der Waals surface area contributed by atoms with Gasteiger partial charge in [-0.1, -0.05) is 121 Å². The largest absolute Gasteiger partial charge is 0.456 e. The summed E-state index contributed by atoms with van der Waals surface area (Å²) in [5.41, 5.74) is 12.9. The van der Waals surface area contributed by atoms with Gasteiger partial charge in [0.2, 0.25) is 0 Å². The minimum Gasteiger partial charge on any atom is -0.456 e. The first-order valence-electron chi connectivity index (χ1n) is 21.8. The minimum atomic E-state index is 0.795. The number of fused-ring (bicyclic) bond motifs is 12. The van der Waals surface area contributed by atoms with Crippen LogP contribution in [0.25, 0.3) is 164 Å². The van der Waals surface area contributed by atoms with Gasteiger partial charge in [-0.2, -0.15) is 0 Å². The predicted molar refractivity (Wildman–Crippen MR) is 264 cm³/mol. The zero-order valence-electron chi connectivity index (χ0n) is 34.0. The molecule has 2 aromatic heterocycles. The molecule has 294 valence electrons. The molecule has 4 nitrogen and oxygen atoms in total. The second kappa shape index (κ2) is 11.6. The second-order valence-electron chi connectivity index (χ2n) is 17.5. The molecule has 2 aliphatic heterocycles. The van der Waals surface area contributed by atoms with E-state index in [1.165, 1.54) is 21.5 Å². The highest BCUT2D eigenvalue weighted by molar-refractivity contribution is 6.31. The Labute approximate surface area is 362 Å². The number of hydrogen-bond donors (Lipinski definition) is 0. The van der Waals surface area contributed by atoms with E-state index < -0.39 is 0 Å². The molecule has 0 aliphatic carbocycles. The maximum atomic E-state index is 7.14. The molecule has 14 aromatic rings. The number of benzene rings is 12. The molecule has 0 atom stereocenters. The van der Waals surface area contributed by atoms with Gasteiger partial charge in [0.15, 0.2) is 0 Å². The van der Waals surface area contributed by atoms with Crippen LogP contribution in [0.5, 0.6) is 0 Å². The summed E-state index contributed by atoms with van der Waals surface area (Å²) < 4.78 is 28.2. The van der Waals surface area contributed by atoms with Gasteiger partial charge >= 0.3 is 0 Å². The molecule has 0 N–H and O–H groups in total. The van der Waals surface area contributed by atoms with Crippen molar-refractivity contribution >= 4 is 131 Å². The lowest BCUT2D eigenvalue weighted by Crippen LogP contribution is -1.97. The van der Waals surface area contributed by atoms with Crippen LogP contribution in [0.1, 0.15) is 0 Å². The van der Waals surface area contributed by atoms with Crippen LogP contribution in [0.2, 0.25) is 0 Å². The summed E-state index contributed by atoms with van der Waals surface area (Å²) in [6.45, 7) is 0. The number of hydrogen-bond acceptors (Lipinski definition) is 4. The summed E-state index contributed by atoms with van der Waals surface area (Å²) in [7, 11) is 0. The van der Waals surface area contributed by atoms with Crippen LogP contribution >= 0.6 is 0 Å². The van der Waals surface area contributed by atoms with Crippen molar-refractivity contribution in [2.45, 2.75) is 0 Å².